The highest BCUT2D eigenvalue weighted by Gasteiger charge is 2.22. The molecule has 0 aliphatic carbocycles. The molecule has 0 radical (unpaired) electrons. The predicted octanol–water partition coefficient (Wildman–Crippen LogP) is 1.23. The van der Waals surface area contributed by atoms with E-state index >= 15 is 0 Å². The van der Waals surface area contributed by atoms with E-state index in [2.05, 4.69) is 9.15 Å². The lowest BCUT2D eigenvalue weighted by Crippen LogP contribution is -2.18. The maximum atomic E-state index is 11.6. The van der Waals surface area contributed by atoms with Crippen LogP contribution in [0, 0.1) is 0 Å². The van der Waals surface area contributed by atoms with Gasteiger partial charge >= 0.3 is 18.4 Å². The molecule has 0 amide bonds. The van der Waals surface area contributed by atoms with Crippen molar-refractivity contribution in [2.45, 2.75) is 6.43 Å². The number of carbonyl (C=O) groups excluding carboxylic acids is 2. The second kappa shape index (κ2) is 3.79. The minimum absolute atomic E-state index is 0.297. The van der Waals surface area contributed by atoms with Gasteiger partial charge in [-0.15, -0.1) is 0 Å². The highest BCUT2D eigenvalue weighted by molar-refractivity contribution is 5.95. The van der Waals surface area contributed by atoms with E-state index in [4.69, 9.17) is 0 Å². The van der Waals surface area contributed by atoms with Crippen LogP contribution in [0.3, 0.4) is 0 Å². The van der Waals surface area contributed by atoms with Crippen molar-refractivity contribution in [1.82, 2.24) is 0 Å². The lowest BCUT2D eigenvalue weighted by molar-refractivity contribution is -0.150. The molecular weight excluding hydrogens is 186 g/mol. The number of ether oxygens (including phenoxy) is 1. The molecular formula is C7H4F2O4. The first-order chi connectivity index (χ1) is 6.11. The summed E-state index contributed by atoms with van der Waals surface area (Å²) in [4.78, 5) is 21.0. The third-order valence-corrected chi connectivity index (χ3v) is 1.09. The third kappa shape index (κ3) is 2.36. The van der Waals surface area contributed by atoms with Gasteiger partial charge in [-0.25, -0.2) is 9.59 Å². The van der Waals surface area contributed by atoms with Crippen LogP contribution in [-0.4, -0.2) is 18.4 Å². The Labute approximate surface area is 71.1 Å². The smallest absolute Gasteiger partial charge is 0.381 e. The van der Waals surface area contributed by atoms with Gasteiger partial charge in [0, 0.05) is 0 Å². The Kier molecular flexibility index (Phi) is 2.73. The zero-order chi connectivity index (χ0) is 9.84. The van der Waals surface area contributed by atoms with E-state index in [9.17, 15) is 18.4 Å². The summed E-state index contributed by atoms with van der Waals surface area (Å²) in [5.41, 5.74) is 0. The molecule has 0 aromatic carbocycles. The summed E-state index contributed by atoms with van der Waals surface area (Å²) in [5.74, 6) is -3.41. The van der Waals surface area contributed by atoms with Gasteiger partial charge in [0.15, 0.2) is 0 Å². The molecule has 0 saturated carbocycles. The largest absolute Gasteiger partial charge is 0.457 e. The monoisotopic (exact) mass is 190 g/mol. The highest BCUT2D eigenvalue weighted by Crippen LogP contribution is 2.04. The van der Waals surface area contributed by atoms with E-state index in [1.54, 1.807) is 0 Å². The molecule has 1 heterocycles. The molecule has 0 saturated heterocycles. The molecule has 0 bridgehead atoms. The minimum Gasteiger partial charge on any atom is -0.457 e. The van der Waals surface area contributed by atoms with Crippen LogP contribution in [0.5, 0.6) is 0 Å². The summed E-state index contributed by atoms with van der Waals surface area (Å²) in [6, 6.07) is 2.56. The zero-order valence-corrected chi connectivity index (χ0v) is 6.20. The van der Waals surface area contributed by atoms with Crippen LogP contribution in [0.4, 0.5) is 8.78 Å². The standard InChI is InChI=1S/C7H4F2O4/c8-5(9)7(11)13-6(10)4-2-1-3-12-4/h1-3,5H. The maximum Gasteiger partial charge on any atom is 0.381 e. The van der Waals surface area contributed by atoms with Gasteiger partial charge in [0.2, 0.25) is 5.76 Å². The molecule has 1 rings (SSSR count). The molecule has 0 aliphatic rings. The van der Waals surface area contributed by atoms with Gasteiger partial charge in [-0.3, -0.25) is 0 Å². The van der Waals surface area contributed by atoms with Crippen LogP contribution in [0.15, 0.2) is 22.8 Å². The normalized spacial score (nSPS) is 10.1. The van der Waals surface area contributed by atoms with Crippen molar-refractivity contribution in [3.05, 3.63) is 24.2 Å². The SMILES string of the molecule is O=C(OC(=O)C(F)F)c1ccco1. The number of hydrogen-bond donors (Lipinski definition) is 0. The fourth-order valence-electron chi connectivity index (χ4n) is 0.581. The van der Waals surface area contributed by atoms with E-state index in [1.807, 2.05) is 0 Å². The van der Waals surface area contributed by atoms with Crippen LogP contribution in [0.2, 0.25) is 0 Å². The summed E-state index contributed by atoms with van der Waals surface area (Å²) in [6.07, 6.45) is -2.16. The van der Waals surface area contributed by atoms with Gasteiger partial charge in [0.1, 0.15) is 0 Å². The van der Waals surface area contributed by atoms with Gasteiger partial charge in [0.25, 0.3) is 0 Å². The Morgan fingerprint density at radius 3 is 2.62 bits per heavy atom. The molecule has 0 fully saturated rings. The van der Waals surface area contributed by atoms with Crippen LogP contribution in [0.25, 0.3) is 0 Å². The van der Waals surface area contributed by atoms with E-state index in [-0.39, 0.29) is 5.76 Å². The second-order valence-corrected chi connectivity index (χ2v) is 1.99. The fourth-order valence-corrected chi connectivity index (χ4v) is 0.581. The number of furan rings is 1. The summed E-state index contributed by atoms with van der Waals surface area (Å²) < 4.78 is 31.4. The first kappa shape index (κ1) is 9.37. The number of hydrogen-bond acceptors (Lipinski definition) is 4. The molecule has 0 aliphatic heterocycles. The van der Waals surface area contributed by atoms with Crippen LogP contribution in [-0.2, 0) is 9.53 Å². The lowest BCUT2D eigenvalue weighted by Gasteiger charge is -1.97. The topological polar surface area (TPSA) is 56.5 Å². The Balaban J connectivity index is 2.57. The lowest BCUT2D eigenvalue weighted by atomic mass is 10.5. The summed E-state index contributed by atoms with van der Waals surface area (Å²) >= 11 is 0. The molecule has 13 heavy (non-hydrogen) atoms. The molecule has 0 atom stereocenters. The van der Waals surface area contributed by atoms with Crippen molar-refractivity contribution in [1.29, 1.82) is 0 Å². The van der Waals surface area contributed by atoms with Crippen molar-refractivity contribution in [3.63, 3.8) is 0 Å². The zero-order valence-electron chi connectivity index (χ0n) is 6.20. The molecule has 1 aromatic rings. The Morgan fingerprint density at radius 2 is 2.15 bits per heavy atom. The number of esters is 2. The van der Waals surface area contributed by atoms with Crippen molar-refractivity contribution < 1.29 is 27.5 Å². The number of halogens is 2. The quantitative estimate of drug-likeness (QED) is 0.519. The average Bonchev–Trinajstić information content (AvgIpc) is 2.55. The Hall–Kier alpha value is -1.72. The highest BCUT2D eigenvalue weighted by atomic mass is 19.3. The number of alkyl halides is 2. The third-order valence-electron chi connectivity index (χ3n) is 1.09. The van der Waals surface area contributed by atoms with Gasteiger partial charge in [0.05, 0.1) is 6.26 Å². The van der Waals surface area contributed by atoms with Gasteiger partial charge in [-0.2, -0.15) is 8.78 Å². The molecule has 4 nitrogen and oxygen atoms in total. The average molecular weight is 190 g/mol. The Bertz CT molecular complexity index is 304. The molecule has 0 spiro atoms. The van der Waals surface area contributed by atoms with Crippen molar-refractivity contribution in [3.8, 4) is 0 Å². The first-order valence-corrected chi connectivity index (χ1v) is 3.19. The van der Waals surface area contributed by atoms with Crippen molar-refractivity contribution in [2.75, 3.05) is 0 Å². The molecule has 6 heteroatoms. The van der Waals surface area contributed by atoms with E-state index in [1.165, 1.54) is 12.1 Å². The summed E-state index contributed by atoms with van der Waals surface area (Å²) in [6.45, 7) is 0. The van der Waals surface area contributed by atoms with Crippen LogP contribution in [0.1, 0.15) is 10.6 Å². The molecule has 1 aromatic heterocycles. The summed E-state index contributed by atoms with van der Waals surface area (Å²) in [5, 5.41) is 0. The second-order valence-electron chi connectivity index (χ2n) is 1.99. The summed E-state index contributed by atoms with van der Waals surface area (Å²) in [7, 11) is 0. The van der Waals surface area contributed by atoms with Gasteiger partial charge in [-0.1, -0.05) is 0 Å². The van der Waals surface area contributed by atoms with E-state index in [0.29, 0.717) is 0 Å². The number of rotatable bonds is 2. The number of carbonyl (C=O) groups is 2. The fraction of sp³-hybridized carbons (Fsp3) is 0.143. The van der Waals surface area contributed by atoms with Crippen molar-refractivity contribution in [2.24, 2.45) is 0 Å². The predicted molar refractivity (Wildman–Crippen MR) is 35.1 cm³/mol. The maximum absolute atomic E-state index is 11.6. The van der Waals surface area contributed by atoms with Crippen LogP contribution < -0.4 is 0 Å². The van der Waals surface area contributed by atoms with E-state index in [0.717, 1.165) is 6.26 Å². The first-order valence-electron chi connectivity index (χ1n) is 3.19. The van der Waals surface area contributed by atoms with E-state index < -0.39 is 18.4 Å². The Morgan fingerprint density at radius 1 is 1.46 bits per heavy atom. The van der Waals surface area contributed by atoms with Gasteiger partial charge in [-0.05, 0) is 12.1 Å². The molecule has 0 N–H and O–H groups in total. The minimum atomic E-state index is -3.32. The van der Waals surface area contributed by atoms with Gasteiger partial charge < -0.3 is 9.15 Å². The van der Waals surface area contributed by atoms with Crippen molar-refractivity contribution >= 4 is 11.9 Å². The van der Waals surface area contributed by atoms with Crippen LogP contribution >= 0.6 is 0 Å². The molecule has 0 unspecified atom stereocenters. The molecule has 70 valence electrons.